The molecule has 3 saturated heterocycles. The van der Waals surface area contributed by atoms with Crippen LogP contribution in [0, 0.1) is 11.7 Å². The Morgan fingerprint density at radius 3 is 2.36 bits per heavy atom. The second kappa shape index (κ2) is 16.8. The average Bonchev–Trinajstić information content (AvgIpc) is 3.49. The van der Waals surface area contributed by atoms with Gasteiger partial charge in [-0.15, -0.1) is 6.58 Å². The number of anilines is 5. The van der Waals surface area contributed by atoms with Crippen LogP contribution in [0.2, 0.25) is 0 Å². The van der Waals surface area contributed by atoms with Gasteiger partial charge >= 0.3 is 0 Å². The van der Waals surface area contributed by atoms with E-state index >= 15 is 4.39 Å². The number of fused-ring (bicyclic) bond motifs is 1. The molecular formula is C44H54FN11O3. The molecule has 2 atom stereocenters. The number of amides is 1. The molecule has 3 fully saturated rings. The molecule has 0 saturated carbocycles. The molecule has 3 aliphatic rings. The van der Waals surface area contributed by atoms with E-state index in [1.807, 2.05) is 36.4 Å². The highest BCUT2D eigenvalue weighted by atomic mass is 19.1. The third-order valence-electron chi connectivity index (χ3n) is 11.7. The number of pyridine rings is 1. The van der Waals surface area contributed by atoms with Gasteiger partial charge in [0.25, 0.3) is 5.56 Å². The van der Waals surface area contributed by atoms with Crippen LogP contribution in [0.25, 0.3) is 16.9 Å². The Morgan fingerprint density at radius 2 is 1.66 bits per heavy atom. The van der Waals surface area contributed by atoms with Crippen molar-refractivity contribution in [2.24, 2.45) is 5.92 Å². The largest absolute Gasteiger partial charge is 0.374 e. The van der Waals surface area contributed by atoms with Crippen LogP contribution in [-0.4, -0.2) is 98.3 Å². The maximum Gasteiger partial charge on any atom is 0.278 e. The van der Waals surface area contributed by atoms with Crippen molar-refractivity contribution in [3.63, 3.8) is 0 Å². The summed E-state index contributed by atoms with van der Waals surface area (Å²) in [5.41, 5.74) is 4.16. The van der Waals surface area contributed by atoms with E-state index in [1.165, 1.54) is 6.07 Å². The molecule has 8 rings (SSSR count). The Morgan fingerprint density at radius 1 is 0.915 bits per heavy atom. The minimum absolute atomic E-state index is 0.173. The van der Waals surface area contributed by atoms with Gasteiger partial charge in [0.2, 0.25) is 11.9 Å². The van der Waals surface area contributed by atoms with Crippen molar-refractivity contribution in [1.82, 2.24) is 34.5 Å². The molecule has 0 bridgehead atoms. The molecule has 310 valence electrons. The van der Waals surface area contributed by atoms with Crippen molar-refractivity contribution in [3.8, 4) is 5.82 Å². The van der Waals surface area contributed by atoms with Gasteiger partial charge in [0, 0.05) is 80.2 Å². The lowest BCUT2D eigenvalue weighted by molar-refractivity contribution is -0.127. The first-order valence-electron chi connectivity index (χ1n) is 20.6. The normalized spacial score (nSPS) is 19.5. The Kier molecular flexibility index (Phi) is 11.4. The Labute approximate surface area is 343 Å². The smallest absolute Gasteiger partial charge is 0.278 e. The quantitative estimate of drug-likeness (QED) is 0.128. The summed E-state index contributed by atoms with van der Waals surface area (Å²) in [6.07, 6.45) is 5.41. The predicted molar refractivity (Wildman–Crippen MR) is 230 cm³/mol. The molecule has 3 aromatic heterocycles. The molecule has 14 nitrogen and oxygen atoms in total. The number of hydrogen-bond acceptors (Lipinski definition) is 11. The van der Waals surface area contributed by atoms with Crippen LogP contribution < -0.4 is 31.3 Å². The van der Waals surface area contributed by atoms with E-state index in [2.05, 4.69) is 75.1 Å². The van der Waals surface area contributed by atoms with Crippen molar-refractivity contribution in [2.75, 3.05) is 66.2 Å². The van der Waals surface area contributed by atoms with Gasteiger partial charge in [-0.3, -0.25) is 14.5 Å². The zero-order valence-corrected chi connectivity index (χ0v) is 34.1. The summed E-state index contributed by atoms with van der Waals surface area (Å²) in [6, 6.07) is 18.7. The van der Waals surface area contributed by atoms with E-state index in [1.54, 1.807) is 27.7 Å². The fourth-order valence-electron chi connectivity index (χ4n) is 8.35. The number of piperazine rings is 1. The number of halogens is 1. The molecule has 15 heteroatoms. The summed E-state index contributed by atoms with van der Waals surface area (Å²) in [4.78, 5) is 46.9. The Bertz CT molecular complexity index is 2360. The van der Waals surface area contributed by atoms with Gasteiger partial charge in [-0.25, -0.2) is 23.7 Å². The fourth-order valence-corrected chi connectivity index (χ4v) is 8.35. The first kappa shape index (κ1) is 40.0. The molecule has 6 heterocycles. The monoisotopic (exact) mass is 803 g/mol. The van der Waals surface area contributed by atoms with Gasteiger partial charge in [0.15, 0.2) is 11.5 Å². The molecule has 1 amide bonds. The third kappa shape index (κ3) is 8.81. The van der Waals surface area contributed by atoms with Crippen LogP contribution in [0.5, 0.6) is 0 Å². The average molecular weight is 804 g/mol. The number of aromatic nitrogens is 5. The van der Waals surface area contributed by atoms with Crippen LogP contribution in [0.3, 0.4) is 0 Å². The minimum Gasteiger partial charge on any atom is -0.374 e. The summed E-state index contributed by atoms with van der Waals surface area (Å²) in [5, 5.41) is 19.0. The fraction of sp³-hybridized carbons (Fsp3) is 0.432. The van der Waals surface area contributed by atoms with E-state index < -0.39 is 12.3 Å². The van der Waals surface area contributed by atoms with Gasteiger partial charge in [0.1, 0.15) is 23.5 Å². The number of nitrogens with zero attached hydrogens (tertiary/aromatic N) is 8. The lowest BCUT2D eigenvalue weighted by atomic mass is 9.92. The van der Waals surface area contributed by atoms with Gasteiger partial charge in [-0.1, -0.05) is 32.9 Å². The molecule has 0 radical (unpaired) electrons. The second-order valence-electron chi connectivity index (χ2n) is 16.9. The standard InChI is InChI=1S/C44H54FN11O3/c1-5-19-55-42(59)33-27-46-43(51-40(33)56(55)38-8-6-7-37(49-38)44(2,3)4)48-30-9-12-32(13-10-30)53-24-22-52(23-25-53)28-29-17-20-54(21-18-29)36-15-11-31(26-34(36)45)47-35-14-16-39(57)50-41(35)58/h5-13,15,26-27,29,35,39,47,57H,1,14,16-25,28H2,2-4H3,(H,50,58)(H,46,48,51). The first-order valence-corrected chi connectivity index (χ1v) is 20.6. The number of rotatable bonds is 11. The van der Waals surface area contributed by atoms with Crippen LogP contribution in [-0.2, 0) is 16.8 Å². The number of allylic oxidation sites excluding steroid dienone is 1. The van der Waals surface area contributed by atoms with Gasteiger partial charge in [-0.2, -0.15) is 4.98 Å². The molecule has 2 aromatic carbocycles. The number of carbonyl (C=O) groups is 1. The predicted octanol–water partition coefficient (Wildman–Crippen LogP) is 5.39. The molecule has 0 spiro atoms. The topological polar surface area (TPSA) is 149 Å². The summed E-state index contributed by atoms with van der Waals surface area (Å²) in [5.74, 6) is 0.980. The number of aliphatic hydroxyl groups is 1. The number of hydrogen-bond donors (Lipinski definition) is 4. The molecule has 0 aliphatic carbocycles. The Hall–Kier alpha value is -5.80. The first-order chi connectivity index (χ1) is 28.4. The highest BCUT2D eigenvalue weighted by molar-refractivity contribution is 5.85. The lowest BCUT2D eigenvalue weighted by Crippen LogP contribution is -2.49. The highest BCUT2D eigenvalue weighted by Crippen LogP contribution is 2.30. The summed E-state index contributed by atoms with van der Waals surface area (Å²) >= 11 is 0. The summed E-state index contributed by atoms with van der Waals surface area (Å²) < 4.78 is 18.6. The van der Waals surface area contributed by atoms with E-state index in [4.69, 9.17) is 9.97 Å². The zero-order valence-electron chi connectivity index (χ0n) is 34.1. The summed E-state index contributed by atoms with van der Waals surface area (Å²) in [6.45, 7) is 17.0. The van der Waals surface area contributed by atoms with Crippen molar-refractivity contribution in [1.29, 1.82) is 0 Å². The SMILES string of the molecule is C=CCn1c(=O)c2cnc(Nc3ccc(N4CCN(CC5CCN(c6ccc(NC7CCC(O)NC7=O)cc6F)CC5)CC4)cc3)nc2n1-c1cccc(C(C)(C)C)n1. The third-order valence-corrected chi connectivity index (χ3v) is 11.7. The van der Waals surface area contributed by atoms with E-state index in [-0.39, 0.29) is 22.7 Å². The molecule has 5 aromatic rings. The van der Waals surface area contributed by atoms with E-state index in [0.29, 0.717) is 59.5 Å². The highest BCUT2D eigenvalue weighted by Gasteiger charge is 2.28. The molecule has 3 aliphatic heterocycles. The number of aliphatic hydroxyl groups excluding tert-OH is 1. The minimum atomic E-state index is -0.818. The summed E-state index contributed by atoms with van der Waals surface area (Å²) in [7, 11) is 0. The molecule has 59 heavy (non-hydrogen) atoms. The van der Waals surface area contributed by atoms with Crippen molar-refractivity contribution in [3.05, 3.63) is 101 Å². The van der Waals surface area contributed by atoms with Crippen LogP contribution in [0.4, 0.5) is 33.1 Å². The lowest BCUT2D eigenvalue weighted by Gasteiger charge is -2.40. The van der Waals surface area contributed by atoms with E-state index in [9.17, 15) is 14.7 Å². The van der Waals surface area contributed by atoms with Crippen molar-refractivity contribution in [2.45, 2.75) is 70.7 Å². The zero-order chi connectivity index (χ0) is 41.3. The maximum atomic E-state index is 15.2. The van der Waals surface area contributed by atoms with Gasteiger partial charge in [-0.05, 0) is 86.2 Å². The second-order valence-corrected chi connectivity index (χ2v) is 16.9. The molecular weight excluding hydrogens is 750 g/mol. The van der Waals surface area contributed by atoms with Gasteiger partial charge < -0.3 is 30.9 Å². The molecule has 2 unspecified atom stereocenters. The number of nitrogens with one attached hydrogen (secondary N) is 3. The van der Waals surface area contributed by atoms with Crippen LogP contribution in [0.15, 0.2) is 84.3 Å². The molecule has 4 N–H and O–H groups in total. The number of benzene rings is 2. The van der Waals surface area contributed by atoms with Crippen molar-refractivity contribution >= 4 is 45.6 Å². The Balaban J connectivity index is 0.837. The number of carbonyl (C=O) groups excluding carboxylic acids is 1. The van der Waals surface area contributed by atoms with Crippen LogP contribution >= 0.6 is 0 Å². The maximum absolute atomic E-state index is 15.2. The number of piperidine rings is 2. The van der Waals surface area contributed by atoms with Crippen molar-refractivity contribution < 1.29 is 14.3 Å². The van der Waals surface area contributed by atoms with E-state index in [0.717, 1.165) is 75.7 Å². The van der Waals surface area contributed by atoms with Crippen LogP contribution in [0.1, 0.15) is 52.1 Å². The van der Waals surface area contributed by atoms with Gasteiger partial charge in [0.05, 0.1) is 12.2 Å².